The molecule has 0 aromatic heterocycles. The molecule has 0 aliphatic carbocycles. The molecule has 3 nitrogen and oxygen atoms in total. The van der Waals surface area contributed by atoms with Crippen molar-refractivity contribution in [1.29, 1.82) is 0 Å². The van der Waals surface area contributed by atoms with E-state index in [2.05, 4.69) is 25.6 Å². The summed E-state index contributed by atoms with van der Waals surface area (Å²) in [6, 6.07) is 10.3. The second-order valence-corrected chi connectivity index (χ2v) is 5.89. The summed E-state index contributed by atoms with van der Waals surface area (Å²) < 4.78 is 17.5. The summed E-state index contributed by atoms with van der Waals surface area (Å²) in [6.07, 6.45) is 9.78. The standard InChI is InChI=1S/C20H28O3/c1-3-5-12-21-13-11-19-15-20(14-18(4-2)23-19)22-16-17-9-7-6-8-10-17/h4,6-11,13,18-20H,2-3,5,12,14-16H2,1H3/b13-11-/t18-,19+,20-/m0/s1. The fraction of sp³-hybridized carbons (Fsp3) is 0.500. The van der Waals surface area contributed by atoms with Crippen LogP contribution < -0.4 is 0 Å². The number of unbranched alkanes of at least 4 members (excludes halogenated alkanes) is 1. The van der Waals surface area contributed by atoms with Crippen LogP contribution in [0.2, 0.25) is 0 Å². The van der Waals surface area contributed by atoms with E-state index in [4.69, 9.17) is 14.2 Å². The minimum Gasteiger partial charge on any atom is -0.501 e. The number of ether oxygens (including phenoxy) is 3. The molecule has 1 aromatic rings. The topological polar surface area (TPSA) is 27.7 Å². The molecule has 23 heavy (non-hydrogen) atoms. The lowest BCUT2D eigenvalue weighted by Gasteiger charge is -2.32. The SMILES string of the molecule is C=C[C@H]1C[C@H](OCc2ccccc2)C[C@@H](/C=C\OCCCC)O1. The molecule has 0 radical (unpaired) electrons. The van der Waals surface area contributed by atoms with Gasteiger partial charge in [0.05, 0.1) is 37.8 Å². The van der Waals surface area contributed by atoms with Crippen molar-refractivity contribution >= 4 is 0 Å². The van der Waals surface area contributed by atoms with Gasteiger partial charge in [0.2, 0.25) is 0 Å². The summed E-state index contributed by atoms with van der Waals surface area (Å²) in [6.45, 7) is 7.41. The first-order valence-corrected chi connectivity index (χ1v) is 8.53. The molecule has 1 saturated heterocycles. The highest BCUT2D eigenvalue weighted by Gasteiger charge is 2.27. The van der Waals surface area contributed by atoms with Crippen molar-refractivity contribution in [3.63, 3.8) is 0 Å². The molecule has 0 N–H and O–H groups in total. The van der Waals surface area contributed by atoms with Gasteiger partial charge >= 0.3 is 0 Å². The van der Waals surface area contributed by atoms with Crippen LogP contribution in [0.15, 0.2) is 55.3 Å². The molecule has 1 aliphatic heterocycles. The van der Waals surface area contributed by atoms with Crippen molar-refractivity contribution in [2.24, 2.45) is 0 Å². The van der Waals surface area contributed by atoms with Gasteiger partial charge in [-0.05, 0) is 18.1 Å². The van der Waals surface area contributed by atoms with Gasteiger partial charge in [0.25, 0.3) is 0 Å². The molecule has 1 aliphatic rings. The molecule has 0 saturated carbocycles. The van der Waals surface area contributed by atoms with Crippen LogP contribution >= 0.6 is 0 Å². The molecular formula is C20H28O3. The Hall–Kier alpha value is -1.58. The van der Waals surface area contributed by atoms with E-state index in [1.807, 2.05) is 30.4 Å². The molecule has 3 atom stereocenters. The smallest absolute Gasteiger partial charge is 0.0873 e. The third-order valence-corrected chi connectivity index (χ3v) is 3.94. The first-order chi connectivity index (χ1) is 11.3. The number of rotatable bonds is 9. The molecular weight excluding hydrogens is 288 g/mol. The largest absolute Gasteiger partial charge is 0.501 e. The van der Waals surface area contributed by atoms with Crippen LogP contribution in [0.3, 0.4) is 0 Å². The van der Waals surface area contributed by atoms with Crippen LogP contribution in [0, 0.1) is 0 Å². The molecule has 126 valence electrons. The quantitative estimate of drug-likeness (QED) is 0.377. The lowest BCUT2D eigenvalue weighted by Crippen LogP contribution is -2.35. The highest BCUT2D eigenvalue weighted by Crippen LogP contribution is 2.24. The Morgan fingerprint density at radius 2 is 2.00 bits per heavy atom. The normalized spacial score (nSPS) is 24.7. The van der Waals surface area contributed by atoms with Gasteiger partial charge < -0.3 is 14.2 Å². The van der Waals surface area contributed by atoms with Crippen LogP contribution in [0.5, 0.6) is 0 Å². The highest BCUT2D eigenvalue weighted by atomic mass is 16.5. The molecule has 0 amide bonds. The van der Waals surface area contributed by atoms with Crippen LogP contribution in [0.25, 0.3) is 0 Å². The summed E-state index contributed by atoms with van der Waals surface area (Å²) in [5.41, 5.74) is 1.20. The second-order valence-electron chi connectivity index (χ2n) is 5.89. The monoisotopic (exact) mass is 316 g/mol. The average Bonchev–Trinajstić information content (AvgIpc) is 2.60. The Kier molecular flexibility index (Phi) is 7.91. The van der Waals surface area contributed by atoms with Gasteiger partial charge in [-0.15, -0.1) is 6.58 Å². The highest BCUT2D eigenvalue weighted by molar-refractivity contribution is 5.13. The van der Waals surface area contributed by atoms with E-state index in [0.29, 0.717) is 6.61 Å². The van der Waals surface area contributed by atoms with Crippen LogP contribution in [-0.4, -0.2) is 24.9 Å². The van der Waals surface area contributed by atoms with Gasteiger partial charge in [-0.1, -0.05) is 49.8 Å². The Morgan fingerprint density at radius 1 is 1.22 bits per heavy atom. The lowest BCUT2D eigenvalue weighted by atomic mass is 10.0. The minimum absolute atomic E-state index is 0.0224. The summed E-state index contributed by atoms with van der Waals surface area (Å²) in [4.78, 5) is 0. The summed E-state index contributed by atoms with van der Waals surface area (Å²) in [7, 11) is 0. The van der Waals surface area contributed by atoms with Crippen LogP contribution in [0.4, 0.5) is 0 Å². The first kappa shape index (κ1) is 17.8. The van der Waals surface area contributed by atoms with Crippen molar-refractivity contribution in [2.75, 3.05) is 6.61 Å². The van der Waals surface area contributed by atoms with E-state index in [0.717, 1.165) is 32.3 Å². The van der Waals surface area contributed by atoms with Gasteiger partial charge in [-0.3, -0.25) is 0 Å². The van der Waals surface area contributed by atoms with E-state index >= 15 is 0 Å². The maximum atomic E-state index is 6.07. The molecule has 0 spiro atoms. The van der Waals surface area contributed by atoms with Gasteiger partial charge in [0.15, 0.2) is 0 Å². The Balaban J connectivity index is 1.81. The van der Waals surface area contributed by atoms with E-state index < -0.39 is 0 Å². The number of hydrogen-bond acceptors (Lipinski definition) is 3. The summed E-state index contributed by atoms with van der Waals surface area (Å²) >= 11 is 0. The molecule has 1 fully saturated rings. The van der Waals surface area contributed by atoms with Crippen molar-refractivity contribution in [3.05, 3.63) is 60.9 Å². The van der Waals surface area contributed by atoms with Gasteiger partial charge in [0.1, 0.15) is 0 Å². The molecule has 2 rings (SSSR count). The predicted molar refractivity (Wildman–Crippen MR) is 93.1 cm³/mol. The number of benzene rings is 1. The lowest BCUT2D eigenvalue weighted by molar-refractivity contribution is -0.0873. The maximum Gasteiger partial charge on any atom is 0.0873 e. The fourth-order valence-corrected chi connectivity index (χ4v) is 2.59. The average molecular weight is 316 g/mol. The zero-order valence-electron chi connectivity index (χ0n) is 14.0. The van der Waals surface area contributed by atoms with E-state index in [9.17, 15) is 0 Å². The third kappa shape index (κ3) is 6.59. The fourth-order valence-electron chi connectivity index (χ4n) is 2.59. The van der Waals surface area contributed by atoms with E-state index in [1.165, 1.54) is 5.56 Å². The predicted octanol–water partition coefficient (Wildman–Crippen LogP) is 4.64. The Morgan fingerprint density at radius 3 is 2.74 bits per heavy atom. The Bertz CT molecular complexity index is 469. The van der Waals surface area contributed by atoms with E-state index in [-0.39, 0.29) is 18.3 Å². The van der Waals surface area contributed by atoms with Gasteiger partial charge in [-0.25, -0.2) is 0 Å². The van der Waals surface area contributed by atoms with Crippen LogP contribution in [-0.2, 0) is 20.8 Å². The summed E-state index contributed by atoms with van der Waals surface area (Å²) in [5.74, 6) is 0. The van der Waals surface area contributed by atoms with Crippen molar-refractivity contribution in [3.8, 4) is 0 Å². The van der Waals surface area contributed by atoms with Crippen molar-refractivity contribution in [2.45, 2.75) is 57.5 Å². The van der Waals surface area contributed by atoms with Gasteiger partial charge in [-0.2, -0.15) is 0 Å². The zero-order chi connectivity index (χ0) is 16.3. The molecule has 0 bridgehead atoms. The van der Waals surface area contributed by atoms with E-state index in [1.54, 1.807) is 6.26 Å². The maximum absolute atomic E-state index is 6.07. The molecule has 3 heteroatoms. The first-order valence-electron chi connectivity index (χ1n) is 8.53. The molecule has 1 heterocycles. The minimum atomic E-state index is 0.0224. The third-order valence-electron chi connectivity index (χ3n) is 3.94. The summed E-state index contributed by atoms with van der Waals surface area (Å²) in [5, 5.41) is 0. The number of hydrogen-bond donors (Lipinski definition) is 0. The molecule has 1 aromatic carbocycles. The molecule has 0 unspecified atom stereocenters. The van der Waals surface area contributed by atoms with Gasteiger partial charge in [0, 0.05) is 12.8 Å². The van der Waals surface area contributed by atoms with Crippen molar-refractivity contribution in [1.82, 2.24) is 0 Å². The zero-order valence-corrected chi connectivity index (χ0v) is 14.0. The Labute approximate surface area is 139 Å². The second kappa shape index (κ2) is 10.2. The van der Waals surface area contributed by atoms with Crippen molar-refractivity contribution < 1.29 is 14.2 Å². The van der Waals surface area contributed by atoms with Crippen LogP contribution in [0.1, 0.15) is 38.2 Å².